The summed E-state index contributed by atoms with van der Waals surface area (Å²) in [4.78, 5) is 15.7. The van der Waals surface area contributed by atoms with Gasteiger partial charge in [-0.05, 0) is 28.9 Å². The average molecular weight is 233 g/mol. The molecule has 0 bridgehead atoms. The van der Waals surface area contributed by atoms with Crippen molar-refractivity contribution in [3.05, 3.63) is 35.8 Å². The topological polar surface area (TPSA) is 107 Å². The van der Waals surface area contributed by atoms with Gasteiger partial charge in [0.05, 0.1) is 6.04 Å². The quantitative estimate of drug-likeness (QED) is 0.801. The first-order chi connectivity index (χ1) is 8.18. The van der Waals surface area contributed by atoms with Crippen LogP contribution in [0, 0.1) is 0 Å². The molecule has 2 rings (SSSR count). The van der Waals surface area contributed by atoms with Crippen molar-refractivity contribution < 1.29 is 9.42 Å². The Morgan fingerprint density at radius 1 is 1.53 bits per heavy atom. The van der Waals surface area contributed by atoms with Crippen molar-refractivity contribution in [3.8, 4) is 0 Å². The van der Waals surface area contributed by atoms with E-state index in [1.54, 1.807) is 18.5 Å². The minimum Gasteiger partial charge on any atom is -0.379 e. The van der Waals surface area contributed by atoms with Gasteiger partial charge in [0, 0.05) is 12.4 Å². The van der Waals surface area contributed by atoms with Crippen LogP contribution in [-0.4, -0.2) is 21.2 Å². The van der Waals surface area contributed by atoms with Crippen molar-refractivity contribution in [2.24, 2.45) is 0 Å². The van der Waals surface area contributed by atoms with E-state index >= 15 is 0 Å². The number of amides is 1. The number of nitrogens with two attached hydrogens (primary N) is 1. The van der Waals surface area contributed by atoms with E-state index in [0.29, 0.717) is 0 Å². The highest BCUT2D eigenvalue weighted by atomic mass is 16.6. The van der Waals surface area contributed by atoms with E-state index in [1.165, 1.54) is 0 Å². The first-order valence-electron chi connectivity index (χ1n) is 4.97. The highest BCUT2D eigenvalue weighted by Gasteiger charge is 2.18. The number of anilines is 1. The number of carbonyl (C=O) groups is 1. The first kappa shape index (κ1) is 11.1. The largest absolute Gasteiger partial charge is 0.379 e. The van der Waals surface area contributed by atoms with Crippen molar-refractivity contribution in [3.63, 3.8) is 0 Å². The Labute approximate surface area is 97.0 Å². The second-order valence-corrected chi connectivity index (χ2v) is 3.48. The molecular weight excluding hydrogens is 222 g/mol. The van der Waals surface area contributed by atoms with Crippen LogP contribution in [0.1, 0.15) is 29.0 Å². The summed E-state index contributed by atoms with van der Waals surface area (Å²) in [5.41, 5.74) is 6.29. The number of hydrogen-bond acceptors (Lipinski definition) is 6. The maximum absolute atomic E-state index is 11.7. The Morgan fingerprint density at radius 2 is 2.35 bits per heavy atom. The van der Waals surface area contributed by atoms with Crippen molar-refractivity contribution >= 4 is 11.7 Å². The average Bonchev–Trinajstić information content (AvgIpc) is 2.76. The number of nitrogens with one attached hydrogen (secondary N) is 1. The molecule has 2 aromatic rings. The van der Waals surface area contributed by atoms with Crippen molar-refractivity contribution in [1.82, 2.24) is 20.6 Å². The fourth-order valence-corrected chi connectivity index (χ4v) is 1.33. The van der Waals surface area contributed by atoms with Crippen LogP contribution in [0.25, 0.3) is 0 Å². The third kappa shape index (κ3) is 2.39. The summed E-state index contributed by atoms with van der Waals surface area (Å²) in [5, 5.41) is 9.48. The van der Waals surface area contributed by atoms with Gasteiger partial charge in [0.25, 0.3) is 5.91 Å². The summed E-state index contributed by atoms with van der Waals surface area (Å²) in [6, 6.07) is 3.46. The van der Waals surface area contributed by atoms with Crippen LogP contribution in [-0.2, 0) is 0 Å². The van der Waals surface area contributed by atoms with E-state index < -0.39 is 5.91 Å². The third-order valence-corrected chi connectivity index (χ3v) is 2.26. The second-order valence-electron chi connectivity index (χ2n) is 3.48. The van der Waals surface area contributed by atoms with E-state index in [0.717, 1.165) is 5.56 Å². The molecule has 2 aromatic heterocycles. The maximum Gasteiger partial charge on any atom is 0.277 e. The van der Waals surface area contributed by atoms with Gasteiger partial charge in [-0.1, -0.05) is 6.07 Å². The van der Waals surface area contributed by atoms with Crippen LogP contribution in [0.4, 0.5) is 5.82 Å². The first-order valence-corrected chi connectivity index (χ1v) is 4.97. The number of nitrogen functional groups attached to an aromatic ring is 1. The van der Waals surface area contributed by atoms with Crippen molar-refractivity contribution in [1.29, 1.82) is 0 Å². The zero-order valence-corrected chi connectivity index (χ0v) is 9.12. The molecule has 2 heterocycles. The SMILES string of the molecule is C[C@H](NC(=O)c1nonc1N)c1cccnc1. The highest BCUT2D eigenvalue weighted by Crippen LogP contribution is 2.12. The van der Waals surface area contributed by atoms with E-state index in [9.17, 15) is 4.79 Å². The summed E-state index contributed by atoms with van der Waals surface area (Å²) < 4.78 is 4.36. The lowest BCUT2D eigenvalue weighted by Gasteiger charge is -2.12. The molecule has 7 nitrogen and oxygen atoms in total. The Kier molecular flexibility index (Phi) is 2.99. The van der Waals surface area contributed by atoms with Gasteiger partial charge in [-0.15, -0.1) is 0 Å². The highest BCUT2D eigenvalue weighted by molar-refractivity contribution is 5.96. The molecule has 3 N–H and O–H groups in total. The van der Waals surface area contributed by atoms with Crippen molar-refractivity contribution in [2.75, 3.05) is 5.73 Å². The number of rotatable bonds is 3. The molecular formula is C10H11N5O2. The molecule has 88 valence electrons. The standard InChI is InChI=1S/C10H11N5O2/c1-6(7-3-2-4-12-5-7)13-10(16)8-9(11)15-17-14-8/h2-6H,1H3,(H2,11,15)(H,13,16)/t6-/m0/s1. The Hall–Kier alpha value is -2.44. The minimum absolute atomic E-state index is 0.0132. The fourth-order valence-electron chi connectivity index (χ4n) is 1.33. The second kappa shape index (κ2) is 4.60. The van der Waals surface area contributed by atoms with Crippen LogP contribution in [0.3, 0.4) is 0 Å². The third-order valence-electron chi connectivity index (χ3n) is 2.26. The van der Waals surface area contributed by atoms with Gasteiger partial charge >= 0.3 is 0 Å². The number of aromatic nitrogens is 3. The molecule has 0 unspecified atom stereocenters. The van der Waals surface area contributed by atoms with Gasteiger partial charge in [0.1, 0.15) is 0 Å². The van der Waals surface area contributed by atoms with Gasteiger partial charge in [-0.3, -0.25) is 9.78 Å². The molecule has 0 fully saturated rings. The number of carbonyl (C=O) groups excluding carboxylic acids is 1. The molecule has 0 aliphatic heterocycles. The fraction of sp³-hybridized carbons (Fsp3) is 0.200. The lowest BCUT2D eigenvalue weighted by Crippen LogP contribution is -2.27. The normalized spacial score (nSPS) is 12.1. The lowest BCUT2D eigenvalue weighted by atomic mass is 10.1. The molecule has 0 spiro atoms. The summed E-state index contributed by atoms with van der Waals surface area (Å²) in [7, 11) is 0. The molecule has 0 aliphatic rings. The van der Waals surface area contributed by atoms with Crippen LogP contribution in [0.2, 0.25) is 0 Å². The number of nitrogens with zero attached hydrogens (tertiary/aromatic N) is 3. The summed E-state index contributed by atoms with van der Waals surface area (Å²) >= 11 is 0. The molecule has 0 radical (unpaired) electrons. The minimum atomic E-state index is -0.430. The van der Waals surface area contributed by atoms with Crippen molar-refractivity contribution in [2.45, 2.75) is 13.0 Å². The Balaban J connectivity index is 2.08. The monoisotopic (exact) mass is 233 g/mol. The van der Waals surface area contributed by atoms with Gasteiger partial charge in [0.15, 0.2) is 0 Å². The predicted octanol–water partition coefficient (Wildman–Crippen LogP) is 0.538. The molecule has 1 amide bonds. The Morgan fingerprint density at radius 3 is 2.94 bits per heavy atom. The van der Waals surface area contributed by atoms with E-state index in [4.69, 9.17) is 5.73 Å². The van der Waals surface area contributed by atoms with E-state index in [1.807, 2.05) is 13.0 Å². The maximum atomic E-state index is 11.7. The van der Waals surface area contributed by atoms with E-state index in [2.05, 4.69) is 25.2 Å². The van der Waals surface area contributed by atoms with Gasteiger partial charge in [0.2, 0.25) is 11.5 Å². The molecule has 0 aromatic carbocycles. The summed E-state index contributed by atoms with van der Waals surface area (Å²) in [5.74, 6) is -0.457. The number of pyridine rings is 1. The summed E-state index contributed by atoms with van der Waals surface area (Å²) in [6.07, 6.45) is 3.34. The smallest absolute Gasteiger partial charge is 0.277 e. The van der Waals surface area contributed by atoms with Crippen LogP contribution in [0.5, 0.6) is 0 Å². The molecule has 7 heteroatoms. The van der Waals surface area contributed by atoms with Gasteiger partial charge < -0.3 is 11.1 Å². The number of hydrogen-bond donors (Lipinski definition) is 2. The predicted molar refractivity (Wildman–Crippen MR) is 58.8 cm³/mol. The molecule has 0 saturated carbocycles. The summed E-state index contributed by atoms with van der Waals surface area (Å²) in [6.45, 7) is 1.83. The van der Waals surface area contributed by atoms with Gasteiger partial charge in [-0.25, -0.2) is 4.63 Å². The van der Waals surface area contributed by atoms with Crippen LogP contribution < -0.4 is 11.1 Å². The zero-order chi connectivity index (χ0) is 12.3. The zero-order valence-electron chi connectivity index (χ0n) is 9.12. The Bertz CT molecular complexity index is 510. The van der Waals surface area contributed by atoms with Crippen LogP contribution >= 0.6 is 0 Å². The van der Waals surface area contributed by atoms with Crippen LogP contribution in [0.15, 0.2) is 29.2 Å². The van der Waals surface area contributed by atoms with E-state index in [-0.39, 0.29) is 17.6 Å². The molecule has 0 aliphatic carbocycles. The molecule has 1 atom stereocenters. The lowest BCUT2D eigenvalue weighted by molar-refractivity contribution is 0.0930. The molecule has 0 saturated heterocycles. The van der Waals surface area contributed by atoms with Gasteiger partial charge in [-0.2, -0.15) is 0 Å². The molecule has 17 heavy (non-hydrogen) atoms.